The fraction of sp³-hybridized carbons (Fsp3) is 0.333. The zero-order chi connectivity index (χ0) is 19.2. The molecule has 0 saturated carbocycles. The lowest BCUT2D eigenvalue weighted by Crippen LogP contribution is -2.25. The molecule has 2 N–H and O–H groups in total. The molecule has 5 heteroatoms. The van der Waals surface area contributed by atoms with Gasteiger partial charge in [-0.3, -0.25) is 9.59 Å². The van der Waals surface area contributed by atoms with Crippen molar-refractivity contribution >= 4 is 33.4 Å². The number of nitrogens with one attached hydrogen (secondary N) is 2. The van der Waals surface area contributed by atoms with E-state index in [1.54, 1.807) is 0 Å². The summed E-state index contributed by atoms with van der Waals surface area (Å²) in [5.74, 6) is -0.171. The summed E-state index contributed by atoms with van der Waals surface area (Å²) >= 11 is 3.36. The standard InChI is InChI=1S/C21H25BrN2O2/c1-21(2,3)16-8-6-15(7-9-16)20(26)23-14-4-5-19(25)24-18-12-10-17(22)11-13-18/h6-13H,4-5,14H2,1-3H3,(H,23,26)(H,24,25). The maximum atomic E-state index is 12.2. The quantitative estimate of drug-likeness (QED) is 0.658. The molecule has 2 aromatic rings. The Kier molecular flexibility index (Phi) is 6.98. The molecule has 0 aliphatic heterocycles. The first kappa shape index (κ1) is 20.2. The van der Waals surface area contributed by atoms with Gasteiger partial charge in [-0.15, -0.1) is 0 Å². The smallest absolute Gasteiger partial charge is 0.251 e. The molecule has 0 radical (unpaired) electrons. The number of hydrogen-bond acceptors (Lipinski definition) is 2. The molecule has 0 unspecified atom stereocenters. The van der Waals surface area contributed by atoms with E-state index in [0.717, 1.165) is 10.2 Å². The molecule has 0 heterocycles. The summed E-state index contributed by atoms with van der Waals surface area (Å²) < 4.78 is 0.966. The lowest BCUT2D eigenvalue weighted by molar-refractivity contribution is -0.116. The van der Waals surface area contributed by atoms with Crippen molar-refractivity contribution in [2.45, 2.75) is 39.0 Å². The average molecular weight is 417 g/mol. The topological polar surface area (TPSA) is 58.2 Å². The predicted molar refractivity (Wildman–Crippen MR) is 109 cm³/mol. The Morgan fingerprint density at radius 1 is 0.962 bits per heavy atom. The van der Waals surface area contributed by atoms with Crippen LogP contribution in [0.2, 0.25) is 0 Å². The van der Waals surface area contributed by atoms with Crippen molar-refractivity contribution in [1.29, 1.82) is 0 Å². The van der Waals surface area contributed by atoms with Crippen molar-refractivity contribution in [3.63, 3.8) is 0 Å². The Balaban J connectivity index is 1.72. The first-order chi connectivity index (χ1) is 12.3. The van der Waals surface area contributed by atoms with Crippen LogP contribution in [0.15, 0.2) is 53.0 Å². The molecule has 0 bridgehead atoms. The summed E-state index contributed by atoms with van der Waals surface area (Å²) in [5.41, 5.74) is 2.66. The highest BCUT2D eigenvalue weighted by atomic mass is 79.9. The molecule has 0 spiro atoms. The molecule has 0 atom stereocenters. The van der Waals surface area contributed by atoms with Crippen molar-refractivity contribution < 1.29 is 9.59 Å². The minimum atomic E-state index is -0.112. The zero-order valence-electron chi connectivity index (χ0n) is 15.4. The van der Waals surface area contributed by atoms with E-state index in [9.17, 15) is 9.59 Å². The van der Waals surface area contributed by atoms with Crippen LogP contribution in [-0.2, 0) is 10.2 Å². The first-order valence-electron chi connectivity index (χ1n) is 8.70. The number of benzene rings is 2. The molecule has 0 aromatic heterocycles. The van der Waals surface area contributed by atoms with E-state index in [-0.39, 0.29) is 17.2 Å². The molecule has 0 saturated heterocycles. The number of rotatable bonds is 6. The van der Waals surface area contributed by atoms with Crippen molar-refractivity contribution in [3.8, 4) is 0 Å². The molecule has 138 valence electrons. The SMILES string of the molecule is CC(C)(C)c1ccc(C(=O)NCCCC(=O)Nc2ccc(Br)cc2)cc1. The van der Waals surface area contributed by atoms with Crippen LogP contribution in [0.3, 0.4) is 0 Å². The molecular weight excluding hydrogens is 392 g/mol. The van der Waals surface area contributed by atoms with Gasteiger partial charge in [0.15, 0.2) is 0 Å². The van der Waals surface area contributed by atoms with Crippen LogP contribution in [-0.4, -0.2) is 18.4 Å². The van der Waals surface area contributed by atoms with Crippen LogP contribution in [0.4, 0.5) is 5.69 Å². The van der Waals surface area contributed by atoms with Gasteiger partial charge >= 0.3 is 0 Å². The Labute approximate surface area is 163 Å². The van der Waals surface area contributed by atoms with Gasteiger partial charge in [-0.1, -0.05) is 48.8 Å². The number of carbonyl (C=O) groups is 2. The minimum Gasteiger partial charge on any atom is -0.352 e. The van der Waals surface area contributed by atoms with Crippen molar-refractivity contribution in [3.05, 3.63) is 64.1 Å². The van der Waals surface area contributed by atoms with E-state index in [2.05, 4.69) is 47.3 Å². The Morgan fingerprint density at radius 2 is 1.58 bits per heavy atom. The third kappa shape index (κ3) is 6.30. The van der Waals surface area contributed by atoms with E-state index in [0.29, 0.717) is 24.9 Å². The lowest BCUT2D eigenvalue weighted by Gasteiger charge is -2.19. The number of carbonyl (C=O) groups excluding carboxylic acids is 2. The second-order valence-corrected chi connectivity index (χ2v) is 8.16. The summed E-state index contributed by atoms with van der Waals surface area (Å²) in [4.78, 5) is 24.1. The third-order valence-corrected chi connectivity index (χ3v) is 4.54. The van der Waals surface area contributed by atoms with Crippen LogP contribution in [0.1, 0.15) is 49.5 Å². The number of halogens is 1. The van der Waals surface area contributed by atoms with Gasteiger partial charge < -0.3 is 10.6 Å². The minimum absolute atomic E-state index is 0.0592. The van der Waals surface area contributed by atoms with Gasteiger partial charge in [0.25, 0.3) is 5.91 Å². The monoisotopic (exact) mass is 416 g/mol. The molecule has 0 fully saturated rings. The summed E-state index contributed by atoms with van der Waals surface area (Å²) in [6, 6.07) is 15.1. The van der Waals surface area contributed by atoms with Gasteiger partial charge in [0, 0.05) is 28.7 Å². The molecular formula is C21H25BrN2O2. The van der Waals surface area contributed by atoms with E-state index < -0.39 is 0 Å². The number of hydrogen-bond donors (Lipinski definition) is 2. The third-order valence-electron chi connectivity index (χ3n) is 4.01. The molecule has 26 heavy (non-hydrogen) atoms. The van der Waals surface area contributed by atoms with Crippen LogP contribution in [0, 0.1) is 0 Å². The summed E-state index contributed by atoms with van der Waals surface area (Å²) in [7, 11) is 0. The fourth-order valence-electron chi connectivity index (χ4n) is 2.43. The van der Waals surface area contributed by atoms with Crippen LogP contribution in [0.25, 0.3) is 0 Å². The van der Waals surface area contributed by atoms with Gasteiger partial charge in [-0.2, -0.15) is 0 Å². The van der Waals surface area contributed by atoms with E-state index in [1.165, 1.54) is 5.56 Å². The van der Waals surface area contributed by atoms with Crippen molar-refractivity contribution in [2.24, 2.45) is 0 Å². The van der Waals surface area contributed by atoms with Crippen molar-refractivity contribution in [2.75, 3.05) is 11.9 Å². The van der Waals surface area contributed by atoms with E-state index in [4.69, 9.17) is 0 Å². The Bertz CT molecular complexity index is 747. The van der Waals surface area contributed by atoms with Crippen LogP contribution >= 0.6 is 15.9 Å². The number of amides is 2. The summed E-state index contributed by atoms with van der Waals surface area (Å²) in [6.07, 6.45) is 0.952. The van der Waals surface area contributed by atoms with Gasteiger partial charge in [-0.05, 0) is 53.8 Å². The molecule has 0 aliphatic rings. The summed E-state index contributed by atoms with van der Waals surface area (Å²) in [5, 5.41) is 5.70. The second-order valence-electron chi connectivity index (χ2n) is 7.24. The van der Waals surface area contributed by atoms with Gasteiger partial charge in [0.05, 0.1) is 0 Å². The van der Waals surface area contributed by atoms with Gasteiger partial charge in [0.2, 0.25) is 5.91 Å². The fourth-order valence-corrected chi connectivity index (χ4v) is 2.70. The highest BCUT2D eigenvalue weighted by Crippen LogP contribution is 2.22. The average Bonchev–Trinajstić information content (AvgIpc) is 2.60. The largest absolute Gasteiger partial charge is 0.352 e. The molecule has 2 amide bonds. The highest BCUT2D eigenvalue weighted by Gasteiger charge is 2.14. The lowest BCUT2D eigenvalue weighted by atomic mass is 9.87. The highest BCUT2D eigenvalue weighted by molar-refractivity contribution is 9.10. The van der Waals surface area contributed by atoms with Crippen LogP contribution < -0.4 is 10.6 Å². The maximum absolute atomic E-state index is 12.2. The van der Waals surface area contributed by atoms with Crippen molar-refractivity contribution in [1.82, 2.24) is 5.32 Å². The molecule has 0 aliphatic carbocycles. The zero-order valence-corrected chi connectivity index (χ0v) is 17.0. The Morgan fingerprint density at radius 3 is 2.15 bits per heavy atom. The molecule has 4 nitrogen and oxygen atoms in total. The second kappa shape index (κ2) is 8.99. The predicted octanol–water partition coefficient (Wildman–Crippen LogP) is 4.90. The van der Waals surface area contributed by atoms with E-state index in [1.807, 2.05) is 48.5 Å². The molecule has 2 aromatic carbocycles. The first-order valence-corrected chi connectivity index (χ1v) is 9.49. The normalized spacial score (nSPS) is 11.1. The van der Waals surface area contributed by atoms with Gasteiger partial charge in [-0.25, -0.2) is 0 Å². The summed E-state index contributed by atoms with van der Waals surface area (Å²) in [6.45, 7) is 6.89. The Hall–Kier alpha value is -2.14. The molecule has 2 rings (SSSR count). The van der Waals surface area contributed by atoms with Gasteiger partial charge in [0.1, 0.15) is 0 Å². The number of anilines is 1. The van der Waals surface area contributed by atoms with E-state index >= 15 is 0 Å². The van der Waals surface area contributed by atoms with Crippen LogP contribution in [0.5, 0.6) is 0 Å². The maximum Gasteiger partial charge on any atom is 0.251 e.